The van der Waals surface area contributed by atoms with Gasteiger partial charge in [0, 0.05) is 0 Å². The molecule has 3 nitrogen and oxygen atoms in total. The molecule has 1 aliphatic rings. The van der Waals surface area contributed by atoms with Crippen molar-refractivity contribution in [3.05, 3.63) is 11.8 Å². The van der Waals surface area contributed by atoms with Gasteiger partial charge in [-0.2, -0.15) is 0 Å². The second-order valence-electron chi connectivity index (χ2n) is 3.52. The zero-order chi connectivity index (χ0) is 9.90. The molecule has 1 N–H and O–H groups in total. The van der Waals surface area contributed by atoms with Gasteiger partial charge in [0.15, 0.2) is 5.76 Å². The molecule has 1 atom stereocenters. The number of ether oxygens (including phenoxy) is 1. The number of rotatable bonds is 3. The third-order valence-corrected chi connectivity index (χ3v) is 2.34. The van der Waals surface area contributed by atoms with Gasteiger partial charge in [0.1, 0.15) is 5.60 Å². The number of aliphatic hydroxyl groups is 1. The third-order valence-electron chi connectivity index (χ3n) is 2.34. The predicted octanol–water partition coefficient (Wildman–Crippen LogP) is 1.41. The van der Waals surface area contributed by atoms with E-state index in [4.69, 9.17) is 4.74 Å². The van der Waals surface area contributed by atoms with Gasteiger partial charge in [0.25, 0.3) is 0 Å². The van der Waals surface area contributed by atoms with Crippen LogP contribution in [0.25, 0.3) is 0 Å². The number of ketones is 1. The molecule has 0 bridgehead atoms. The summed E-state index contributed by atoms with van der Waals surface area (Å²) < 4.78 is 5.18. The molecule has 1 unspecified atom stereocenters. The van der Waals surface area contributed by atoms with E-state index >= 15 is 0 Å². The Labute approximate surface area is 78.4 Å². The van der Waals surface area contributed by atoms with E-state index in [2.05, 4.69) is 0 Å². The molecule has 0 saturated carbocycles. The van der Waals surface area contributed by atoms with Crippen LogP contribution in [0, 0.1) is 0 Å². The van der Waals surface area contributed by atoms with Crippen molar-refractivity contribution >= 4 is 5.78 Å². The first kappa shape index (κ1) is 10.3. The summed E-state index contributed by atoms with van der Waals surface area (Å²) in [6.45, 7) is 3.88. The van der Waals surface area contributed by atoms with Gasteiger partial charge >= 0.3 is 0 Å². The first-order valence-corrected chi connectivity index (χ1v) is 4.68. The maximum Gasteiger partial charge on any atom is 0.228 e. The SMILES string of the molecule is CCC(C)(O)C(=O)C1=CCCCO1. The molecule has 0 spiro atoms. The largest absolute Gasteiger partial charge is 0.490 e. The lowest BCUT2D eigenvalue weighted by molar-refractivity contribution is -0.135. The molecule has 0 aromatic rings. The highest BCUT2D eigenvalue weighted by Crippen LogP contribution is 2.19. The van der Waals surface area contributed by atoms with E-state index in [1.807, 2.05) is 0 Å². The number of Topliss-reactive ketones (excluding diaryl/α,β-unsaturated/α-hetero) is 1. The third kappa shape index (κ3) is 2.31. The molecular formula is C10H16O3. The second kappa shape index (κ2) is 3.92. The van der Waals surface area contributed by atoms with E-state index in [0.717, 1.165) is 12.8 Å². The van der Waals surface area contributed by atoms with Gasteiger partial charge in [0.2, 0.25) is 5.78 Å². The summed E-state index contributed by atoms with van der Waals surface area (Å²) in [5, 5.41) is 9.67. The maximum absolute atomic E-state index is 11.6. The zero-order valence-electron chi connectivity index (χ0n) is 8.17. The van der Waals surface area contributed by atoms with Crippen molar-refractivity contribution in [1.82, 2.24) is 0 Å². The summed E-state index contributed by atoms with van der Waals surface area (Å²) in [5.74, 6) is 0.0350. The van der Waals surface area contributed by atoms with Gasteiger partial charge in [0.05, 0.1) is 6.61 Å². The maximum atomic E-state index is 11.6. The smallest absolute Gasteiger partial charge is 0.228 e. The van der Waals surface area contributed by atoms with Crippen molar-refractivity contribution in [3.8, 4) is 0 Å². The van der Waals surface area contributed by atoms with Crippen molar-refractivity contribution in [2.45, 2.75) is 38.7 Å². The van der Waals surface area contributed by atoms with Crippen LogP contribution in [0.5, 0.6) is 0 Å². The minimum absolute atomic E-state index is 0.297. The number of carbonyl (C=O) groups is 1. The highest BCUT2D eigenvalue weighted by atomic mass is 16.5. The van der Waals surface area contributed by atoms with Gasteiger partial charge in [-0.1, -0.05) is 6.92 Å². The Hall–Kier alpha value is -0.830. The van der Waals surface area contributed by atoms with E-state index in [-0.39, 0.29) is 5.78 Å². The molecule has 1 aliphatic heterocycles. The number of allylic oxidation sites excluding steroid dienone is 1. The lowest BCUT2D eigenvalue weighted by atomic mass is 9.95. The van der Waals surface area contributed by atoms with E-state index in [9.17, 15) is 9.90 Å². The van der Waals surface area contributed by atoms with Crippen molar-refractivity contribution in [1.29, 1.82) is 0 Å². The van der Waals surface area contributed by atoms with Crippen LogP contribution in [0.3, 0.4) is 0 Å². The fourth-order valence-electron chi connectivity index (χ4n) is 1.14. The Bertz CT molecular complexity index is 228. The quantitative estimate of drug-likeness (QED) is 0.721. The molecule has 74 valence electrons. The van der Waals surface area contributed by atoms with Crippen LogP contribution in [0.15, 0.2) is 11.8 Å². The average molecular weight is 184 g/mol. The molecule has 3 heteroatoms. The summed E-state index contributed by atoms with van der Waals surface area (Å²) in [4.78, 5) is 11.6. The minimum atomic E-state index is -1.27. The molecule has 0 fully saturated rings. The summed E-state index contributed by atoms with van der Waals surface area (Å²) in [6.07, 6.45) is 3.98. The van der Waals surface area contributed by atoms with Gasteiger partial charge in [-0.3, -0.25) is 4.79 Å². The van der Waals surface area contributed by atoms with Crippen LogP contribution in [-0.2, 0) is 9.53 Å². The van der Waals surface area contributed by atoms with Crippen LogP contribution in [0.1, 0.15) is 33.1 Å². The van der Waals surface area contributed by atoms with Gasteiger partial charge in [-0.25, -0.2) is 0 Å². The van der Waals surface area contributed by atoms with Crippen molar-refractivity contribution in [3.63, 3.8) is 0 Å². The lowest BCUT2D eigenvalue weighted by Gasteiger charge is -2.23. The fourth-order valence-corrected chi connectivity index (χ4v) is 1.14. The molecule has 13 heavy (non-hydrogen) atoms. The van der Waals surface area contributed by atoms with Crippen LogP contribution in [0.2, 0.25) is 0 Å². The molecule has 1 rings (SSSR count). The van der Waals surface area contributed by atoms with Crippen molar-refractivity contribution in [2.75, 3.05) is 6.61 Å². The van der Waals surface area contributed by atoms with Gasteiger partial charge in [-0.05, 0) is 32.3 Å². The van der Waals surface area contributed by atoms with E-state index in [0.29, 0.717) is 18.8 Å². The molecule has 0 radical (unpaired) electrons. The molecule has 0 amide bonds. The topological polar surface area (TPSA) is 46.5 Å². The molecular weight excluding hydrogens is 168 g/mol. The van der Waals surface area contributed by atoms with Crippen LogP contribution >= 0.6 is 0 Å². The van der Waals surface area contributed by atoms with Crippen LogP contribution in [0.4, 0.5) is 0 Å². The van der Waals surface area contributed by atoms with Gasteiger partial charge in [-0.15, -0.1) is 0 Å². The Balaban J connectivity index is 2.71. The zero-order valence-corrected chi connectivity index (χ0v) is 8.17. The van der Waals surface area contributed by atoms with Crippen LogP contribution in [-0.4, -0.2) is 23.1 Å². The molecule has 0 aromatic carbocycles. The summed E-state index contributed by atoms with van der Waals surface area (Å²) in [6, 6.07) is 0. The van der Waals surface area contributed by atoms with Crippen LogP contribution < -0.4 is 0 Å². The first-order valence-electron chi connectivity index (χ1n) is 4.68. The molecule has 0 saturated heterocycles. The van der Waals surface area contributed by atoms with Gasteiger partial charge < -0.3 is 9.84 Å². The highest BCUT2D eigenvalue weighted by Gasteiger charge is 2.32. The Kier molecular flexibility index (Phi) is 3.09. The van der Waals surface area contributed by atoms with Crippen molar-refractivity contribution < 1.29 is 14.6 Å². The molecule has 1 heterocycles. The predicted molar refractivity (Wildman–Crippen MR) is 49.2 cm³/mol. The Morgan fingerprint density at radius 2 is 2.46 bits per heavy atom. The average Bonchev–Trinajstić information content (AvgIpc) is 2.18. The lowest BCUT2D eigenvalue weighted by Crippen LogP contribution is -2.36. The Morgan fingerprint density at radius 3 is 2.92 bits per heavy atom. The number of hydrogen-bond acceptors (Lipinski definition) is 3. The molecule has 0 aliphatic carbocycles. The summed E-state index contributed by atoms with van der Waals surface area (Å²) >= 11 is 0. The number of hydrogen-bond donors (Lipinski definition) is 1. The fraction of sp³-hybridized carbons (Fsp3) is 0.700. The van der Waals surface area contributed by atoms with E-state index in [1.165, 1.54) is 6.92 Å². The minimum Gasteiger partial charge on any atom is -0.490 e. The first-order chi connectivity index (χ1) is 6.08. The Morgan fingerprint density at radius 1 is 1.77 bits per heavy atom. The summed E-state index contributed by atoms with van der Waals surface area (Å²) in [5.41, 5.74) is -1.27. The monoisotopic (exact) mass is 184 g/mol. The van der Waals surface area contributed by atoms with Crippen molar-refractivity contribution in [2.24, 2.45) is 0 Å². The number of carbonyl (C=O) groups excluding carboxylic acids is 1. The highest BCUT2D eigenvalue weighted by molar-refractivity contribution is 5.99. The second-order valence-corrected chi connectivity index (χ2v) is 3.52. The summed E-state index contributed by atoms with van der Waals surface area (Å²) in [7, 11) is 0. The van der Waals surface area contributed by atoms with E-state index < -0.39 is 5.60 Å². The molecule has 0 aromatic heterocycles. The normalized spacial score (nSPS) is 21.3. The van der Waals surface area contributed by atoms with E-state index in [1.54, 1.807) is 13.0 Å². The standard InChI is InChI=1S/C10H16O3/c1-3-10(2,12)9(11)8-6-4-5-7-13-8/h6,12H,3-5,7H2,1-2H3.